The first-order chi connectivity index (χ1) is 8.45. The second-order valence-electron chi connectivity index (χ2n) is 5.32. The van der Waals surface area contributed by atoms with Crippen molar-refractivity contribution in [3.8, 4) is 0 Å². The maximum atomic E-state index is 12.1. The maximum Gasteiger partial charge on any atom is 0.307 e. The molecule has 0 aliphatic heterocycles. The number of carboxylic acids is 1. The zero-order valence-corrected chi connectivity index (χ0v) is 12.1. The molecule has 0 aromatic carbocycles. The first-order valence-electron chi connectivity index (χ1n) is 6.47. The zero-order valence-electron chi connectivity index (χ0n) is 11.3. The van der Waals surface area contributed by atoms with Gasteiger partial charge in [-0.15, -0.1) is 0 Å². The van der Waals surface area contributed by atoms with Gasteiger partial charge in [-0.3, -0.25) is 9.59 Å². The van der Waals surface area contributed by atoms with Crippen LogP contribution in [0.4, 0.5) is 0 Å². The van der Waals surface area contributed by atoms with Crippen molar-refractivity contribution < 1.29 is 14.7 Å². The Bertz CT molecular complexity index is 309. The highest BCUT2D eigenvalue weighted by molar-refractivity contribution is 7.98. The number of amides is 1. The molecule has 1 aliphatic rings. The average molecular weight is 273 g/mol. The van der Waals surface area contributed by atoms with Gasteiger partial charge in [-0.1, -0.05) is 6.92 Å². The summed E-state index contributed by atoms with van der Waals surface area (Å²) in [6.07, 6.45) is 4.27. The summed E-state index contributed by atoms with van der Waals surface area (Å²) in [5.74, 6) is -0.452. The van der Waals surface area contributed by atoms with Crippen LogP contribution in [0.1, 0.15) is 33.1 Å². The van der Waals surface area contributed by atoms with E-state index in [9.17, 15) is 9.59 Å². The van der Waals surface area contributed by atoms with Gasteiger partial charge in [0.25, 0.3) is 0 Å². The molecule has 2 N–H and O–H groups in total. The monoisotopic (exact) mass is 273 g/mol. The van der Waals surface area contributed by atoms with Gasteiger partial charge in [-0.2, -0.15) is 11.8 Å². The fraction of sp³-hybridized carbons (Fsp3) is 0.846. The second kappa shape index (κ2) is 7.02. The van der Waals surface area contributed by atoms with Gasteiger partial charge in [0.1, 0.15) is 0 Å². The summed E-state index contributed by atoms with van der Waals surface area (Å²) in [6, 6.07) is 0.121. The third-order valence-electron chi connectivity index (χ3n) is 3.60. The first kappa shape index (κ1) is 15.3. The SMILES string of the molecule is CSCCC(C)NC(=O)[C@H]1CC(C)C[C@H]1C(=O)O. The van der Waals surface area contributed by atoms with Crippen LogP contribution in [0.15, 0.2) is 0 Å². The second-order valence-corrected chi connectivity index (χ2v) is 6.30. The molecule has 0 saturated heterocycles. The molecule has 1 saturated carbocycles. The first-order valence-corrected chi connectivity index (χ1v) is 7.87. The van der Waals surface area contributed by atoms with E-state index in [4.69, 9.17) is 5.11 Å². The number of carboxylic acid groups (broad SMARTS) is 1. The van der Waals surface area contributed by atoms with E-state index in [-0.39, 0.29) is 17.9 Å². The molecule has 0 heterocycles. The molecule has 4 nitrogen and oxygen atoms in total. The summed E-state index contributed by atoms with van der Waals surface area (Å²) >= 11 is 1.75. The summed E-state index contributed by atoms with van der Waals surface area (Å²) in [5, 5.41) is 12.1. The molecule has 0 bridgehead atoms. The number of thioether (sulfide) groups is 1. The molecule has 1 amide bonds. The molecule has 0 radical (unpaired) electrons. The maximum absolute atomic E-state index is 12.1. The molecular formula is C13H23NO3S. The number of hydrogen-bond acceptors (Lipinski definition) is 3. The van der Waals surface area contributed by atoms with Gasteiger partial charge in [-0.25, -0.2) is 0 Å². The molecule has 0 spiro atoms. The Balaban J connectivity index is 2.52. The van der Waals surface area contributed by atoms with Gasteiger partial charge >= 0.3 is 5.97 Å². The van der Waals surface area contributed by atoms with Gasteiger partial charge in [0.15, 0.2) is 0 Å². The van der Waals surface area contributed by atoms with Gasteiger partial charge in [0, 0.05) is 6.04 Å². The third kappa shape index (κ3) is 4.19. The van der Waals surface area contributed by atoms with E-state index in [2.05, 4.69) is 5.32 Å². The lowest BCUT2D eigenvalue weighted by atomic mass is 9.95. The fourth-order valence-corrected chi connectivity index (χ4v) is 3.16. The fourth-order valence-electron chi connectivity index (χ4n) is 2.57. The highest BCUT2D eigenvalue weighted by Gasteiger charge is 2.41. The van der Waals surface area contributed by atoms with Crippen LogP contribution >= 0.6 is 11.8 Å². The molecular weight excluding hydrogens is 250 g/mol. The minimum Gasteiger partial charge on any atom is -0.481 e. The van der Waals surface area contributed by atoms with Gasteiger partial charge in [0.05, 0.1) is 11.8 Å². The van der Waals surface area contributed by atoms with E-state index in [0.29, 0.717) is 18.8 Å². The summed E-state index contributed by atoms with van der Waals surface area (Å²) in [7, 11) is 0. The summed E-state index contributed by atoms with van der Waals surface area (Å²) in [5.41, 5.74) is 0. The average Bonchev–Trinajstić information content (AvgIpc) is 2.69. The van der Waals surface area contributed by atoms with Gasteiger partial charge in [0.2, 0.25) is 5.91 Å². The molecule has 0 aromatic rings. The van der Waals surface area contributed by atoms with Crippen molar-refractivity contribution >= 4 is 23.6 Å². The van der Waals surface area contributed by atoms with E-state index in [0.717, 1.165) is 12.2 Å². The van der Waals surface area contributed by atoms with Crippen molar-refractivity contribution in [1.82, 2.24) is 5.32 Å². The smallest absolute Gasteiger partial charge is 0.307 e. The topological polar surface area (TPSA) is 66.4 Å². The van der Waals surface area contributed by atoms with Crippen LogP contribution in [0.2, 0.25) is 0 Å². The molecule has 1 rings (SSSR count). The lowest BCUT2D eigenvalue weighted by Gasteiger charge is -2.19. The Hall–Kier alpha value is -0.710. The normalized spacial score (nSPS) is 28.9. The van der Waals surface area contributed by atoms with Crippen LogP contribution < -0.4 is 5.32 Å². The Labute approximate surface area is 113 Å². The largest absolute Gasteiger partial charge is 0.481 e. The van der Waals surface area contributed by atoms with E-state index < -0.39 is 11.9 Å². The Kier molecular flexibility index (Phi) is 5.99. The summed E-state index contributed by atoms with van der Waals surface area (Å²) in [4.78, 5) is 23.2. The van der Waals surface area contributed by atoms with Crippen molar-refractivity contribution in [3.05, 3.63) is 0 Å². The Morgan fingerprint density at radius 1 is 1.39 bits per heavy atom. The van der Waals surface area contributed by atoms with Crippen molar-refractivity contribution in [3.63, 3.8) is 0 Å². The summed E-state index contributed by atoms with van der Waals surface area (Å²) < 4.78 is 0. The number of rotatable bonds is 6. The van der Waals surface area contributed by atoms with E-state index in [1.807, 2.05) is 20.1 Å². The van der Waals surface area contributed by atoms with Crippen LogP contribution in [0.3, 0.4) is 0 Å². The molecule has 4 atom stereocenters. The van der Waals surface area contributed by atoms with Crippen LogP contribution in [0.5, 0.6) is 0 Å². The lowest BCUT2D eigenvalue weighted by molar-refractivity contribution is -0.146. The lowest BCUT2D eigenvalue weighted by Crippen LogP contribution is -2.40. The molecule has 2 unspecified atom stereocenters. The van der Waals surface area contributed by atoms with E-state index in [1.54, 1.807) is 11.8 Å². The number of nitrogens with one attached hydrogen (secondary N) is 1. The molecule has 0 aromatic heterocycles. The van der Waals surface area contributed by atoms with Crippen LogP contribution in [-0.4, -0.2) is 35.0 Å². The predicted molar refractivity (Wildman–Crippen MR) is 73.6 cm³/mol. The number of carbonyl (C=O) groups is 2. The number of carbonyl (C=O) groups excluding carboxylic acids is 1. The van der Waals surface area contributed by atoms with Gasteiger partial charge in [-0.05, 0) is 44.1 Å². The molecule has 1 aliphatic carbocycles. The van der Waals surface area contributed by atoms with Crippen LogP contribution in [-0.2, 0) is 9.59 Å². The predicted octanol–water partition coefficient (Wildman–Crippen LogP) is 1.99. The number of hydrogen-bond donors (Lipinski definition) is 2. The highest BCUT2D eigenvalue weighted by atomic mass is 32.2. The van der Waals surface area contributed by atoms with Crippen LogP contribution in [0.25, 0.3) is 0 Å². The Morgan fingerprint density at radius 2 is 2.00 bits per heavy atom. The minimum absolute atomic E-state index is 0.0830. The third-order valence-corrected chi connectivity index (χ3v) is 4.24. The quantitative estimate of drug-likeness (QED) is 0.776. The van der Waals surface area contributed by atoms with E-state index >= 15 is 0 Å². The van der Waals surface area contributed by atoms with Crippen molar-refractivity contribution in [1.29, 1.82) is 0 Å². The standard InChI is InChI=1S/C13H23NO3S/c1-8-6-10(11(7-8)13(16)17)12(15)14-9(2)4-5-18-3/h8-11H,4-7H2,1-3H3,(H,14,15)(H,16,17)/t8?,9?,10-,11+/m0/s1. The zero-order chi connectivity index (χ0) is 13.7. The number of aliphatic carboxylic acids is 1. The summed E-state index contributed by atoms with van der Waals surface area (Å²) in [6.45, 7) is 3.99. The van der Waals surface area contributed by atoms with E-state index in [1.165, 1.54) is 0 Å². The molecule has 1 fully saturated rings. The molecule has 18 heavy (non-hydrogen) atoms. The highest BCUT2D eigenvalue weighted by Crippen LogP contribution is 2.36. The van der Waals surface area contributed by atoms with Crippen molar-refractivity contribution in [2.24, 2.45) is 17.8 Å². The molecule has 104 valence electrons. The van der Waals surface area contributed by atoms with Crippen molar-refractivity contribution in [2.75, 3.05) is 12.0 Å². The van der Waals surface area contributed by atoms with Crippen LogP contribution in [0, 0.1) is 17.8 Å². The van der Waals surface area contributed by atoms with Crippen molar-refractivity contribution in [2.45, 2.75) is 39.2 Å². The van der Waals surface area contributed by atoms with Gasteiger partial charge < -0.3 is 10.4 Å². The Morgan fingerprint density at radius 3 is 2.56 bits per heavy atom. The minimum atomic E-state index is -0.837. The molecule has 5 heteroatoms.